The van der Waals surface area contributed by atoms with E-state index in [1.54, 1.807) is 7.05 Å². The maximum atomic E-state index is 5.46. The van der Waals surface area contributed by atoms with Crippen molar-refractivity contribution in [2.45, 2.75) is 52.6 Å². The summed E-state index contributed by atoms with van der Waals surface area (Å²) in [5.41, 5.74) is 4.75. The minimum Gasteiger partial charge on any atom is -0.378 e. The minimum absolute atomic E-state index is 0.466. The fourth-order valence-electron chi connectivity index (χ4n) is 3.04. The number of hydrogen-bond acceptors (Lipinski definition) is 4. The number of hydrogen-bond donors (Lipinski definition) is 2. The van der Waals surface area contributed by atoms with Crippen molar-refractivity contribution in [3.63, 3.8) is 0 Å². The van der Waals surface area contributed by atoms with E-state index in [2.05, 4.69) is 78.7 Å². The standard InChI is InChI=1S/C21H33N5O/c1-7-16(8-2)20-12-19(27-25-20)14-24-21(22-4)23-13-17-9-10-18(26(5)6)11-15(17)3/h9-12,16H,7-8,13-14H2,1-6H3,(H2,22,23,24). The summed E-state index contributed by atoms with van der Waals surface area (Å²) in [6.45, 7) is 7.77. The first kappa shape index (κ1) is 20.8. The van der Waals surface area contributed by atoms with Gasteiger partial charge < -0.3 is 20.1 Å². The van der Waals surface area contributed by atoms with Crippen LogP contribution in [0.1, 0.15) is 55.2 Å². The van der Waals surface area contributed by atoms with Gasteiger partial charge in [0, 0.05) is 45.4 Å². The third-order valence-electron chi connectivity index (χ3n) is 4.92. The maximum Gasteiger partial charge on any atom is 0.191 e. The second-order valence-electron chi connectivity index (χ2n) is 7.02. The van der Waals surface area contributed by atoms with Crippen molar-refractivity contribution < 1.29 is 4.52 Å². The molecule has 1 aromatic carbocycles. The summed E-state index contributed by atoms with van der Waals surface area (Å²) >= 11 is 0. The Kier molecular flexibility index (Phi) is 7.70. The molecule has 0 aliphatic carbocycles. The molecule has 0 spiro atoms. The highest BCUT2D eigenvalue weighted by molar-refractivity contribution is 5.79. The van der Waals surface area contributed by atoms with Gasteiger partial charge in [0.1, 0.15) is 0 Å². The van der Waals surface area contributed by atoms with Crippen molar-refractivity contribution in [2.75, 3.05) is 26.0 Å². The molecule has 0 atom stereocenters. The number of rotatable bonds is 8. The molecule has 0 radical (unpaired) electrons. The van der Waals surface area contributed by atoms with Gasteiger partial charge in [0.05, 0.1) is 12.2 Å². The molecule has 0 saturated carbocycles. The monoisotopic (exact) mass is 371 g/mol. The minimum atomic E-state index is 0.466. The number of benzene rings is 1. The van der Waals surface area contributed by atoms with E-state index in [1.807, 2.05) is 6.07 Å². The Hall–Kier alpha value is -2.50. The van der Waals surface area contributed by atoms with Gasteiger partial charge in [-0.1, -0.05) is 25.1 Å². The van der Waals surface area contributed by atoms with Gasteiger partial charge in [0.15, 0.2) is 11.7 Å². The van der Waals surface area contributed by atoms with Gasteiger partial charge in [-0.15, -0.1) is 0 Å². The lowest BCUT2D eigenvalue weighted by Crippen LogP contribution is -2.36. The summed E-state index contributed by atoms with van der Waals surface area (Å²) in [5, 5.41) is 10.9. The van der Waals surface area contributed by atoms with E-state index in [1.165, 1.54) is 16.8 Å². The maximum absolute atomic E-state index is 5.46. The lowest BCUT2D eigenvalue weighted by atomic mass is 9.99. The van der Waals surface area contributed by atoms with Gasteiger partial charge in [0.25, 0.3) is 0 Å². The van der Waals surface area contributed by atoms with Crippen molar-refractivity contribution in [1.82, 2.24) is 15.8 Å². The average Bonchev–Trinajstić information content (AvgIpc) is 3.12. The Labute approximate surface area is 163 Å². The molecule has 0 bridgehead atoms. The Balaban J connectivity index is 1.89. The van der Waals surface area contributed by atoms with Crippen molar-refractivity contribution in [1.29, 1.82) is 0 Å². The van der Waals surface area contributed by atoms with Crippen molar-refractivity contribution in [2.24, 2.45) is 4.99 Å². The van der Waals surface area contributed by atoms with Gasteiger partial charge in [-0.25, -0.2) is 0 Å². The van der Waals surface area contributed by atoms with Crippen molar-refractivity contribution >= 4 is 11.6 Å². The van der Waals surface area contributed by atoms with E-state index >= 15 is 0 Å². The normalized spacial score (nSPS) is 11.7. The van der Waals surface area contributed by atoms with Gasteiger partial charge in [0.2, 0.25) is 0 Å². The van der Waals surface area contributed by atoms with Crippen LogP contribution in [0, 0.1) is 6.92 Å². The number of anilines is 1. The van der Waals surface area contributed by atoms with E-state index in [4.69, 9.17) is 4.52 Å². The molecule has 148 valence electrons. The summed E-state index contributed by atoms with van der Waals surface area (Å²) in [5.74, 6) is 2.03. The molecular formula is C21H33N5O. The highest BCUT2D eigenvalue weighted by Gasteiger charge is 2.13. The van der Waals surface area contributed by atoms with Gasteiger partial charge in [-0.05, 0) is 43.0 Å². The first-order chi connectivity index (χ1) is 13.0. The van der Waals surface area contributed by atoms with Crippen LogP contribution >= 0.6 is 0 Å². The lowest BCUT2D eigenvalue weighted by molar-refractivity contribution is 0.368. The Morgan fingerprint density at radius 2 is 1.85 bits per heavy atom. The van der Waals surface area contributed by atoms with Crippen LogP contribution in [0.25, 0.3) is 0 Å². The summed E-state index contributed by atoms with van der Waals surface area (Å²) in [7, 11) is 5.88. The van der Waals surface area contributed by atoms with Crippen LogP contribution in [0.4, 0.5) is 5.69 Å². The number of aromatic nitrogens is 1. The van der Waals surface area contributed by atoms with Gasteiger partial charge in [-0.3, -0.25) is 4.99 Å². The van der Waals surface area contributed by atoms with Crippen LogP contribution in [0.5, 0.6) is 0 Å². The first-order valence-electron chi connectivity index (χ1n) is 9.65. The SMILES string of the molecule is CCC(CC)c1cc(CNC(=NC)NCc2ccc(N(C)C)cc2C)on1. The summed E-state index contributed by atoms with van der Waals surface area (Å²) < 4.78 is 5.46. The summed E-state index contributed by atoms with van der Waals surface area (Å²) in [4.78, 5) is 6.40. The highest BCUT2D eigenvalue weighted by atomic mass is 16.5. The molecule has 0 unspecified atom stereocenters. The van der Waals surface area contributed by atoms with Crippen LogP contribution in [0.2, 0.25) is 0 Å². The Morgan fingerprint density at radius 3 is 2.44 bits per heavy atom. The number of aliphatic imine (C=N–C) groups is 1. The molecule has 6 heteroatoms. The van der Waals surface area contributed by atoms with Crippen molar-refractivity contribution in [3.05, 3.63) is 46.8 Å². The molecule has 0 aliphatic heterocycles. The Bertz CT molecular complexity index is 747. The smallest absolute Gasteiger partial charge is 0.191 e. The van der Waals surface area contributed by atoms with Crippen LogP contribution in [-0.2, 0) is 13.1 Å². The zero-order valence-electron chi connectivity index (χ0n) is 17.5. The number of nitrogens with zero attached hydrogens (tertiary/aromatic N) is 3. The second-order valence-corrected chi connectivity index (χ2v) is 7.02. The third-order valence-corrected chi connectivity index (χ3v) is 4.92. The van der Waals surface area contributed by atoms with E-state index in [-0.39, 0.29) is 0 Å². The predicted molar refractivity (Wildman–Crippen MR) is 112 cm³/mol. The Morgan fingerprint density at radius 1 is 1.15 bits per heavy atom. The van der Waals surface area contributed by atoms with E-state index < -0.39 is 0 Å². The fourth-order valence-corrected chi connectivity index (χ4v) is 3.04. The van der Waals surface area contributed by atoms with Crippen LogP contribution in [0.15, 0.2) is 33.8 Å². The van der Waals surface area contributed by atoms with E-state index in [9.17, 15) is 0 Å². The molecule has 27 heavy (non-hydrogen) atoms. The molecular weight excluding hydrogens is 338 g/mol. The zero-order valence-corrected chi connectivity index (χ0v) is 17.5. The average molecular weight is 372 g/mol. The molecule has 1 heterocycles. The molecule has 6 nitrogen and oxygen atoms in total. The van der Waals surface area contributed by atoms with Crippen molar-refractivity contribution in [3.8, 4) is 0 Å². The number of nitrogens with one attached hydrogen (secondary N) is 2. The topological polar surface area (TPSA) is 65.7 Å². The molecule has 2 aromatic rings. The second kappa shape index (κ2) is 10.00. The molecule has 0 saturated heterocycles. The van der Waals surface area contributed by atoms with Crippen LogP contribution < -0.4 is 15.5 Å². The van der Waals surface area contributed by atoms with Gasteiger partial charge in [-0.2, -0.15) is 0 Å². The first-order valence-corrected chi connectivity index (χ1v) is 9.65. The van der Waals surface area contributed by atoms with Gasteiger partial charge >= 0.3 is 0 Å². The third kappa shape index (κ3) is 5.74. The lowest BCUT2D eigenvalue weighted by Gasteiger charge is -2.16. The van der Waals surface area contributed by atoms with E-state index in [0.29, 0.717) is 19.0 Å². The molecule has 0 aliphatic rings. The molecule has 0 amide bonds. The zero-order chi connectivity index (χ0) is 19.8. The highest BCUT2D eigenvalue weighted by Crippen LogP contribution is 2.22. The summed E-state index contributed by atoms with van der Waals surface area (Å²) in [6.07, 6.45) is 2.15. The predicted octanol–water partition coefficient (Wildman–Crippen LogP) is 3.82. The van der Waals surface area contributed by atoms with Crippen LogP contribution in [0.3, 0.4) is 0 Å². The van der Waals surface area contributed by atoms with E-state index in [0.717, 1.165) is 30.3 Å². The quantitative estimate of drug-likeness (QED) is 0.545. The molecule has 1 aromatic heterocycles. The fraction of sp³-hybridized carbons (Fsp3) is 0.524. The number of aryl methyl sites for hydroxylation is 1. The number of guanidine groups is 1. The summed E-state index contributed by atoms with van der Waals surface area (Å²) in [6, 6.07) is 8.53. The molecule has 2 N–H and O–H groups in total. The van der Waals surface area contributed by atoms with Crippen LogP contribution in [-0.4, -0.2) is 32.3 Å². The largest absolute Gasteiger partial charge is 0.378 e. The molecule has 0 fully saturated rings. The molecule has 2 rings (SSSR count).